The number of nitrogens with zero attached hydrogens (tertiary/aromatic N) is 3. The van der Waals surface area contributed by atoms with Gasteiger partial charge in [0.15, 0.2) is 5.82 Å². The Morgan fingerprint density at radius 2 is 1.83 bits per heavy atom. The molecule has 0 bridgehead atoms. The fourth-order valence-electron chi connectivity index (χ4n) is 3.05. The van der Waals surface area contributed by atoms with Crippen LogP contribution in [-0.4, -0.2) is 26.0 Å². The standard InChI is InChI=1S/C22H27N5O2S/c1-13-9-10-18(16(4)11-13)24-21(28)17(5)30-22-26-25-19(27(22)23)12-29-20-14(2)7-6-8-15(20)3/h6-11,17H,12,23H2,1-5H3,(H,24,28). The summed E-state index contributed by atoms with van der Waals surface area (Å²) < 4.78 is 7.28. The van der Waals surface area contributed by atoms with Gasteiger partial charge in [-0.1, -0.05) is 47.7 Å². The number of hydrogen-bond acceptors (Lipinski definition) is 6. The lowest BCUT2D eigenvalue weighted by atomic mass is 10.1. The number of rotatable bonds is 7. The minimum atomic E-state index is -0.399. The lowest BCUT2D eigenvalue weighted by Gasteiger charge is -2.14. The molecular weight excluding hydrogens is 398 g/mol. The van der Waals surface area contributed by atoms with Crippen LogP contribution in [0.15, 0.2) is 41.6 Å². The number of aryl methyl sites for hydroxylation is 4. The van der Waals surface area contributed by atoms with E-state index in [0.717, 1.165) is 33.7 Å². The lowest BCUT2D eigenvalue weighted by Crippen LogP contribution is -2.24. The summed E-state index contributed by atoms with van der Waals surface area (Å²) in [6.45, 7) is 9.98. The van der Waals surface area contributed by atoms with Crippen molar-refractivity contribution < 1.29 is 9.53 Å². The maximum atomic E-state index is 12.6. The van der Waals surface area contributed by atoms with Crippen molar-refractivity contribution in [3.8, 4) is 5.75 Å². The lowest BCUT2D eigenvalue weighted by molar-refractivity contribution is -0.115. The first-order valence-electron chi connectivity index (χ1n) is 9.69. The summed E-state index contributed by atoms with van der Waals surface area (Å²) >= 11 is 1.25. The molecule has 1 unspecified atom stereocenters. The maximum Gasteiger partial charge on any atom is 0.237 e. The summed E-state index contributed by atoms with van der Waals surface area (Å²) in [5.74, 6) is 7.33. The highest BCUT2D eigenvalue weighted by atomic mass is 32.2. The van der Waals surface area contributed by atoms with Crippen molar-refractivity contribution in [1.82, 2.24) is 14.9 Å². The van der Waals surface area contributed by atoms with E-state index in [1.807, 2.05) is 71.0 Å². The highest BCUT2D eigenvalue weighted by Gasteiger charge is 2.20. The smallest absolute Gasteiger partial charge is 0.237 e. The second-order valence-electron chi connectivity index (χ2n) is 7.35. The van der Waals surface area contributed by atoms with Crippen molar-refractivity contribution in [2.24, 2.45) is 0 Å². The molecular formula is C22H27N5O2S. The normalized spacial score (nSPS) is 11.9. The number of anilines is 1. The number of aromatic nitrogens is 3. The van der Waals surface area contributed by atoms with Crippen molar-refractivity contribution >= 4 is 23.4 Å². The van der Waals surface area contributed by atoms with Crippen molar-refractivity contribution in [3.63, 3.8) is 0 Å². The molecule has 3 rings (SSSR count). The number of para-hydroxylation sites is 1. The van der Waals surface area contributed by atoms with Crippen LogP contribution in [0.5, 0.6) is 5.75 Å². The monoisotopic (exact) mass is 425 g/mol. The van der Waals surface area contributed by atoms with Crippen LogP contribution in [-0.2, 0) is 11.4 Å². The van der Waals surface area contributed by atoms with Crippen LogP contribution in [0, 0.1) is 27.7 Å². The number of amides is 1. The molecule has 7 nitrogen and oxygen atoms in total. The number of carbonyl (C=O) groups is 1. The molecule has 1 aromatic heterocycles. The van der Waals surface area contributed by atoms with Crippen LogP contribution in [0.4, 0.5) is 5.69 Å². The zero-order chi connectivity index (χ0) is 21.8. The summed E-state index contributed by atoms with van der Waals surface area (Å²) in [6, 6.07) is 11.9. The van der Waals surface area contributed by atoms with Gasteiger partial charge in [0.2, 0.25) is 11.1 Å². The molecule has 30 heavy (non-hydrogen) atoms. The number of benzene rings is 2. The Labute approximate surface area is 181 Å². The highest BCUT2D eigenvalue weighted by molar-refractivity contribution is 8.00. The minimum absolute atomic E-state index is 0.122. The quantitative estimate of drug-likeness (QED) is 0.440. The van der Waals surface area contributed by atoms with Gasteiger partial charge in [-0.05, 0) is 57.4 Å². The molecule has 0 aliphatic rings. The second-order valence-corrected chi connectivity index (χ2v) is 8.65. The number of hydrogen-bond donors (Lipinski definition) is 2. The van der Waals surface area contributed by atoms with Crippen molar-refractivity contribution in [2.45, 2.75) is 51.6 Å². The summed E-state index contributed by atoms with van der Waals surface area (Å²) in [5.41, 5.74) is 5.07. The van der Waals surface area contributed by atoms with E-state index in [2.05, 4.69) is 15.5 Å². The van der Waals surface area contributed by atoms with E-state index in [9.17, 15) is 4.79 Å². The molecule has 0 aliphatic carbocycles. The van der Waals surface area contributed by atoms with E-state index in [1.165, 1.54) is 16.4 Å². The van der Waals surface area contributed by atoms with Gasteiger partial charge in [-0.3, -0.25) is 4.79 Å². The van der Waals surface area contributed by atoms with E-state index in [0.29, 0.717) is 11.0 Å². The molecule has 1 atom stereocenters. The molecule has 158 valence electrons. The van der Waals surface area contributed by atoms with Crippen LogP contribution in [0.1, 0.15) is 35.0 Å². The average Bonchev–Trinajstić information content (AvgIpc) is 3.03. The van der Waals surface area contributed by atoms with E-state index >= 15 is 0 Å². The van der Waals surface area contributed by atoms with Crippen LogP contribution in [0.2, 0.25) is 0 Å². The van der Waals surface area contributed by atoms with E-state index in [4.69, 9.17) is 10.6 Å². The zero-order valence-electron chi connectivity index (χ0n) is 17.9. The Morgan fingerprint density at radius 3 is 2.50 bits per heavy atom. The Morgan fingerprint density at radius 1 is 1.13 bits per heavy atom. The molecule has 0 aliphatic heterocycles. The molecule has 1 heterocycles. The molecule has 1 amide bonds. The van der Waals surface area contributed by atoms with Gasteiger partial charge < -0.3 is 15.9 Å². The fraction of sp³-hybridized carbons (Fsp3) is 0.318. The Kier molecular flexibility index (Phi) is 6.66. The summed E-state index contributed by atoms with van der Waals surface area (Å²) in [5, 5.41) is 11.3. The third-order valence-electron chi connectivity index (χ3n) is 4.78. The van der Waals surface area contributed by atoms with Gasteiger partial charge in [0.25, 0.3) is 0 Å². The first-order chi connectivity index (χ1) is 14.3. The first kappa shape index (κ1) is 21.7. The molecule has 0 fully saturated rings. The minimum Gasteiger partial charge on any atom is -0.485 e. The number of thioether (sulfide) groups is 1. The van der Waals surface area contributed by atoms with Gasteiger partial charge in [0.05, 0.1) is 5.25 Å². The van der Waals surface area contributed by atoms with Gasteiger partial charge in [-0.25, -0.2) is 4.68 Å². The SMILES string of the molecule is Cc1ccc(NC(=O)C(C)Sc2nnc(COc3c(C)cccc3C)n2N)c(C)c1. The summed E-state index contributed by atoms with van der Waals surface area (Å²) in [7, 11) is 0. The number of nitrogens with one attached hydrogen (secondary N) is 1. The Balaban J connectivity index is 1.63. The summed E-state index contributed by atoms with van der Waals surface area (Å²) in [4.78, 5) is 12.6. The van der Waals surface area contributed by atoms with Gasteiger partial charge in [-0.15, -0.1) is 10.2 Å². The largest absolute Gasteiger partial charge is 0.485 e. The topological polar surface area (TPSA) is 95.1 Å². The van der Waals surface area contributed by atoms with E-state index in [-0.39, 0.29) is 12.5 Å². The fourth-order valence-corrected chi connectivity index (χ4v) is 3.84. The Hall–Kier alpha value is -3.00. The van der Waals surface area contributed by atoms with Crippen LogP contribution in [0.3, 0.4) is 0 Å². The van der Waals surface area contributed by atoms with Gasteiger partial charge in [-0.2, -0.15) is 0 Å². The van der Waals surface area contributed by atoms with Crippen LogP contribution >= 0.6 is 11.8 Å². The maximum absolute atomic E-state index is 12.6. The third-order valence-corrected chi connectivity index (χ3v) is 5.84. The molecule has 0 spiro atoms. The molecule has 0 saturated carbocycles. The molecule has 2 aromatic carbocycles. The summed E-state index contributed by atoms with van der Waals surface area (Å²) in [6.07, 6.45) is 0. The van der Waals surface area contributed by atoms with Gasteiger partial charge in [0, 0.05) is 5.69 Å². The van der Waals surface area contributed by atoms with Crippen molar-refractivity contribution in [1.29, 1.82) is 0 Å². The van der Waals surface area contributed by atoms with Crippen LogP contribution < -0.4 is 15.9 Å². The molecule has 8 heteroatoms. The predicted octanol–water partition coefficient (Wildman–Crippen LogP) is 3.92. The number of carbonyl (C=O) groups excluding carboxylic acids is 1. The van der Waals surface area contributed by atoms with Gasteiger partial charge >= 0.3 is 0 Å². The van der Waals surface area contributed by atoms with Crippen molar-refractivity contribution in [2.75, 3.05) is 11.2 Å². The number of nitrogen functional groups attached to an aromatic ring is 1. The second kappa shape index (κ2) is 9.21. The third kappa shape index (κ3) is 4.94. The average molecular weight is 426 g/mol. The zero-order valence-corrected chi connectivity index (χ0v) is 18.7. The van der Waals surface area contributed by atoms with Crippen molar-refractivity contribution in [3.05, 3.63) is 64.5 Å². The molecule has 3 N–H and O–H groups in total. The van der Waals surface area contributed by atoms with E-state index in [1.54, 1.807) is 0 Å². The Bertz CT molecular complexity index is 1040. The number of nitrogens with two attached hydrogens (primary N) is 1. The molecule has 0 saturated heterocycles. The van der Waals surface area contributed by atoms with Crippen LogP contribution in [0.25, 0.3) is 0 Å². The highest BCUT2D eigenvalue weighted by Crippen LogP contribution is 2.25. The van der Waals surface area contributed by atoms with E-state index < -0.39 is 5.25 Å². The molecule has 0 radical (unpaired) electrons. The molecule has 3 aromatic rings. The van der Waals surface area contributed by atoms with Gasteiger partial charge in [0.1, 0.15) is 12.4 Å². The first-order valence-corrected chi connectivity index (χ1v) is 10.6. The number of ether oxygens (including phenoxy) is 1. The predicted molar refractivity (Wildman–Crippen MR) is 120 cm³/mol.